The van der Waals surface area contributed by atoms with Gasteiger partial charge in [0.15, 0.2) is 0 Å². The largest absolute Gasteiger partial charge is 0.444 e. The molecule has 6 nitrogen and oxygen atoms in total. The number of hydrogen-bond acceptors (Lipinski definition) is 5. The van der Waals surface area contributed by atoms with Crippen molar-refractivity contribution < 1.29 is 12.8 Å². The molecule has 0 spiro atoms. The Labute approximate surface area is 152 Å². The van der Waals surface area contributed by atoms with Gasteiger partial charge in [-0.15, -0.1) is 0 Å². The predicted molar refractivity (Wildman–Crippen MR) is 101 cm³/mol. The maximum atomic E-state index is 12.1. The second kappa shape index (κ2) is 7.79. The lowest BCUT2D eigenvalue weighted by Gasteiger charge is -2.02. The van der Waals surface area contributed by atoms with Crippen molar-refractivity contribution in [3.8, 4) is 0 Å². The van der Waals surface area contributed by atoms with E-state index in [4.69, 9.17) is 4.42 Å². The third-order valence-corrected chi connectivity index (χ3v) is 4.70. The van der Waals surface area contributed by atoms with E-state index >= 15 is 0 Å². The summed E-state index contributed by atoms with van der Waals surface area (Å²) < 4.78 is 29.5. The third kappa shape index (κ3) is 4.67. The molecule has 0 aliphatic carbocycles. The highest BCUT2D eigenvalue weighted by atomic mass is 32.2. The number of hydrogen-bond donors (Lipinski definition) is 1. The lowest BCUT2D eigenvalue weighted by atomic mass is 10.2. The van der Waals surface area contributed by atoms with Gasteiger partial charge in [-0.2, -0.15) is 13.5 Å². The molecule has 0 bridgehead atoms. The number of benzene rings is 2. The Kier molecular flexibility index (Phi) is 5.28. The molecule has 1 aromatic heterocycles. The van der Waals surface area contributed by atoms with Gasteiger partial charge in [0, 0.05) is 6.08 Å². The van der Waals surface area contributed by atoms with Crippen molar-refractivity contribution in [2.24, 2.45) is 5.10 Å². The number of sulfonamides is 1. The first-order valence-electron chi connectivity index (χ1n) is 7.83. The van der Waals surface area contributed by atoms with Crippen molar-refractivity contribution in [2.75, 3.05) is 0 Å². The topological polar surface area (TPSA) is 84.6 Å². The zero-order chi connectivity index (χ0) is 18.4. The van der Waals surface area contributed by atoms with E-state index in [1.54, 1.807) is 18.2 Å². The maximum Gasteiger partial charge on any atom is 0.276 e. The number of nitrogens with zero attached hydrogens (tertiary/aromatic N) is 2. The van der Waals surface area contributed by atoms with E-state index in [-0.39, 0.29) is 4.90 Å². The van der Waals surface area contributed by atoms with Crippen LogP contribution in [0.15, 0.2) is 75.3 Å². The summed E-state index contributed by atoms with van der Waals surface area (Å²) in [5.41, 5.74) is 2.40. The second-order valence-electron chi connectivity index (χ2n) is 5.52. The molecule has 0 saturated heterocycles. The van der Waals surface area contributed by atoms with Gasteiger partial charge in [-0.25, -0.2) is 9.82 Å². The summed E-state index contributed by atoms with van der Waals surface area (Å²) in [7, 11) is -3.71. The van der Waals surface area contributed by atoms with Crippen LogP contribution < -0.4 is 4.83 Å². The quantitative estimate of drug-likeness (QED) is 0.534. The van der Waals surface area contributed by atoms with E-state index in [1.807, 2.05) is 43.3 Å². The normalized spacial score (nSPS) is 12.0. The number of oxazole rings is 1. The minimum atomic E-state index is -3.71. The molecule has 0 amide bonds. The number of nitrogens with one attached hydrogen (secondary N) is 1. The molecule has 26 heavy (non-hydrogen) atoms. The summed E-state index contributed by atoms with van der Waals surface area (Å²) in [4.78, 5) is 6.49. The summed E-state index contributed by atoms with van der Waals surface area (Å²) in [6.45, 7) is 1.89. The van der Waals surface area contributed by atoms with Crippen LogP contribution in [0.3, 0.4) is 0 Å². The summed E-state index contributed by atoms with van der Waals surface area (Å²) in [6.07, 6.45) is 6.28. The fourth-order valence-electron chi connectivity index (χ4n) is 2.10. The Morgan fingerprint density at radius 3 is 2.50 bits per heavy atom. The van der Waals surface area contributed by atoms with Gasteiger partial charge in [-0.3, -0.25) is 0 Å². The molecule has 3 rings (SSSR count). The van der Waals surface area contributed by atoms with Crippen LogP contribution in [0.2, 0.25) is 0 Å². The molecule has 0 fully saturated rings. The minimum Gasteiger partial charge on any atom is -0.444 e. The van der Waals surface area contributed by atoms with Crippen LogP contribution >= 0.6 is 0 Å². The second-order valence-corrected chi connectivity index (χ2v) is 7.18. The first-order valence-corrected chi connectivity index (χ1v) is 9.31. The molecule has 7 heteroatoms. The summed E-state index contributed by atoms with van der Waals surface area (Å²) >= 11 is 0. The number of aryl methyl sites for hydroxylation is 1. The van der Waals surface area contributed by atoms with Crippen molar-refractivity contribution in [1.29, 1.82) is 0 Å². The average molecular weight is 367 g/mol. The number of aromatic nitrogens is 1. The van der Waals surface area contributed by atoms with Gasteiger partial charge in [0.2, 0.25) is 5.89 Å². The molecule has 1 N–H and O–H groups in total. The van der Waals surface area contributed by atoms with E-state index in [0.29, 0.717) is 11.6 Å². The third-order valence-electron chi connectivity index (χ3n) is 3.46. The van der Waals surface area contributed by atoms with Crippen LogP contribution in [0.5, 0.6) is 0 Å². The molecular weight excluding hydrogens is 350 g/mol. The van der Waals surface area contributed by atoms with E-state index in [1.165, 1.54) is 24.6 Å². The minimum absolute atomic E-state index is 0.145. The highest BCUT2D eigenvalue weighted by Crippen LogP contribution is 2.10. The summed E-state index contributed by atoms with van der Waals surface area (Å²) in [6, 6.07) is 16.2. The van der Waals surface area contributed by atoms with E-state index in [0.717, 1.165) is 11.1 Å². The zero-order valence-electron chi connectivity index (χ0n) is 14.0. The van der Waals surface area contributed by atoms with Crippen LogP contribution in [-0.4, -0.2) is 19.6 Å². The summed E-state index contributed by atoms with van der Waals surface area (Å²) in [5, 5.41) is 3.73. The Balaban J connectivity index is 1.63. The molecule has 2 aromatic carbocycles. The van der Waals surface area contributed by atoms with Gasteiger partial charge in [0.05, 0.1) is 11.1 Å². The Morgan fingerprint density at radius 1 is 1.04 bits per heavy atom. The summed E-state index contributed by atoms with van der Waals surface area (Å²) in [5.74, 6) is 0.400. The van der Waals surface area contributed by atoms with Crippen molar-refractivity contribution in [1.82, 2.24) is 9.82 Å². The Hall–Kier alpha value is -3.19. The van der Waals surface area contributed by atoms with Crippen molar-refractivity contribution in [2.45, 2.75) is 11.8 Å². The molecule has 0 atom stereocenters. The van der Waals surface area contributed by atoms with Gasteiger partial charge in [0.1, 0.15) is 12.0 Å². The molecule has 0 unspecified atom stereocenters. The van der Waals surface area contributed by atoms with Crippen LogP contribution in [0.25, 0.3) is 12.2 Å². The predicted octanol–water partition coefficient (Wildman–Crippen LogP) is 3.47. The highest BCUT2D eigenvalue weighted by molar-refractivity contribution is 7.89. The fourth-order valence-corrected chi connectivity index (χ4v) is 2.89. The van der Waals surface area contributed by atoms with Gasteiger partial charge in [-0.05, 0) is 30.7 Å². The van der Waals surface area contributed by atoms with Gasteiger partial charge in [-0.1, -0.05) is 48.0 Å². The Morgan fingerprint density at radius 2 is 1.77 bits per heavy atom. The van der Waals surface area contributed by atoms with Gasteiger partial charge < -0.3 is 4.42 Å². The molecule has 3 aromatic rings. The molecular formula is C19H17N3O3S. The molecule has 0 saturated carbocycles. The van der Waals surface area contributed by atoms with Crippen LogP contribution in [0.1, 0.15) is 22.7 Å². The maximum absolute atomic E-state index is 12.1. The number of hydrazone groups is 1. The van der Waals surface area contributed by atoms with Gasteiger partial charge >= 0.3 is 0 Å². The van der Waals surface area contributed by atoms with Gasteiger partial charge in [0.25, 0.3) is 10.0 Å². The molecule has 0 radical (unpaired) electrons. The van der Waals surface area contributed by atoms with Crippen molar-refractivity contribution in [3.05, 3.63) is 83.6 Å². The van der Waals surface area contributed by atoms with E-state index in [9.17, 15) is 8.42 Å². The molecule has 0 aliphatic rings. The Bertz CT molecular complexity index is 1020. The smallest absolute Gasteiger partial charge is 0.276 e. The highest BCUT2D eigenvalue weighted by Gasteiger charge is 2.11. The monoisotopic (exact) mass is 367 g/mol. The first kappa shape index (κ1) is 17.6. The fraction of sp³-hybridized carbons (Fsp3) is 0.0526. The SMILES string of the molecule is Cc1ccc(S(=O)(=O)N/N=C\c2coc(/C=C/c3ccccc3)n2)cc1. The van der Waals surface area contributed by atoms with Crippen LogP contribution in [0.4, 0.5) is 0 Å². The van der Waals surface area contributed by atoms with E-state index < -0.39 is 10.0 Å². The van der Waals surface area contributed by atoms with E-state index in [2.05, 4.69) is 14.9 Å². The average Bonchev–Trinajstić information content (AvgIpc) is 3.09. The zero-order valence-corrected chi connectivity index (χ0v) is 14.8. The van der Waals surface area contributed by atoms with Crippen LogP contribution in [0, 0.1) is 6.92 Å². The van der Waals surface area contributed by atoms with Crippen molar-refractivity contribution in [3.63, 3.8) is 0 Å². The molecule has 132 valence electrons. The van der Waals surface area contributed by atoms with Crippen LogP contribution in [-0.2, 0) is 10.0 Å². The lowest BCUT2D eigenvalue weighted by Crippen LogP contribution is -2.18. The molecule has 0 aliphatic heterocycles. The number of rotatable bonds is 6. The molecule has 1 heterocycles. The standard InChI is InChI=1S/C19H17N3O3S/c1-15-7-10-18(11-8-15)26(23,24)22-20-13-17-14-25-19(21-17)12-9-16-5-3-2-4-6-16/h2-14,22H,1H3/b12-9+,20-13-. The lowest BCUT2D eigenvalue weighted by molar-refractivity contribution is 0.546. The first-order chi connectivity index (χ1) is 12.5. The van der Waals surface area contributed by atoms with Crippen molar-refractivity contribution >= 4 is 28.4 Å².